The second kappa shape index (κ2) is 4.59. The molecular formula is C12H17N3O2S. The zero-order valence-electron chi connectivity index (χ0n) is 10.2. The number of rotatable bonds is 2. The highest BCUT2D eigenvalue weighted by atomic mass is 32.2. The molecule has 2 aliphatic rings. The highest BCUT2D eigenvalue weighted by molar-refractivity contribution is 7.90. The molecule has 1 saturated heterocycles. The lowest BCUT2D eigenvalue weighted by molar-refractivity contribution is 0.367. The number of nitrogens with zero attached hydrogens (tertiary/aromatic N) is 2. The van der Waals surface area contributed by atoms with Crippen LogP contribution in [0, 0.1) is 5.92 Å². The van der Waals surface area contributed by atoms with E-state index in [0.717, 1.165) is 43.7 Å². The van der Waals surface area contributed by atoms with Crippen LogP contribution in [-0.2, 0) is 27.8 Å². The monoisotopic (exact) mass is 267 g/mol. The van der Waals surface area contributed by atoms with Crippen molar-refractivity contribution in [3.8, 4) is 0 Å². The molecule has 1 fully saturated rings. The van der Waals surface area contributed by atoms with E-state index in [2.05, 4.69) is 15.3 Å². The molecule has 1 aromatic heterocycles. The molecule has 0 atom stereocenters. The van der Waals surface area contributed by atoms with Crippen LogP contribution in [-0.4, -0.2) is 31.5 Å². The summed E-state index contributed by atoms with van der Waals surface area (Å²) in [5, 5.41) is 3.33. The van der Waals surface area contributed by atoms with E-state index in [-0.39, 0.29) is 11.5 Å². The predicted molar refractivity (Wildman–Crippen MR) is 67.7 cm³/mol. The van der Waals surface area contributed by atoms with Crippen LogP contribution in [0.1, 0.15) is 29.9 Å². The molecule has 5 nitrogen and oxygen atoms in total. The zero-order chi connectivity index (χ0) is 12.6. The maximum absolute atomic E-state index is 11.5. The summed E-state index contributed by atoms with van der Waals surface area (Å²) in [5.41, 5.74) is 1.50. The molecule has 0 saturated carbocycles. The summed E-state index contributed by atoms with van der Waals surface area (Å²) < 4.78 is 23.0. The molecule has 1 N–H and O–H groups in total. The molecule has 3 heterocycles. The van der Waals surface area contributed by atoms with Crippen molar-refractivity contribution in [2.45, 2.75) is 30.8 Å². The van der Waals surface area contributed by atoms with E-state index < -0.39 is 9.84 Å². The minimum absolute atomic E-state index is 0.0874. The molecular weight excluding hydrogens is 250 g/mol. The fourth-order valence-electron chi connectivity index (χ4n) is 2.67. The van der Waals surface area contributed by atoms with E-state index in [4.69, 9.17) is 0 Å². The fourth-order valence-corrected chi connectivity index (χ4v) is 4.15. The number of piperidine rings is 1. The third kappa shape index (κ3) is 2.54. The van der Waals surface area contributed by atoms with Crippen molar-refractivity contribution in [3.05, 3.63) is 23.3 Å². The Labute approximate surface area is 107 Å². The van der Waals surface area contributed by atoms with Crippen LogP contribution in [0.4, 0.5) is 0 Å². The highest BCUT2D eigenvalue weighted by Gasteiger charge is 2.27. The van der Waals surface area contributed by atoms with Gasteiger partial charge in [0.05, 0.1) is 17.2 Å². The summed E-state index contributed by atoms with van der Waals surface area (Å²) in [7, 11) is -2.97. The Morgan fingerprint density at radius 1 is 1.28 bits per heavy atom. The van der Waals surface area contributed by atoms with Gasteiger partial charge in [0.15, 0.2) is 9.84 Å². The summed E-state index contributed by atoms with van der Waals surface area (Å²) in [6.45, 7) is 2.12. The smallest absolute Gasteiger partial charge is 0.160 e. The summed E-state index contributed by atoms with van der Waals surface area (Å²) >= 11 is 0. The van der Waals surface area contributed by atoms with E-state index in [1.165, 1.54) is 0 Å². The Hall–Kier alpha value is -1.01. The van der Waals surface area contributed by atoms with Gasteiger partial charge in [-0.3, -0.25) is 0 Å². The lowest BCUT2D eigenvalue weighted by Crippen LogP contribution is -2.29. The van der Waals surface area contributed by atoms with Crippen molar-refractivity contribution >= 4 is 9.84 Å². The van der Waals surface area contributed by atoms with Crippen LogP contribution in [0.15, 0.2) is 6.20 Å². The van der Waals surface area contributed by atoms with Crippen molar-refractivity contribution in [2.75, 3.05) is 13.1 Å². The second-order valence-corrected chi connectivity index (χ2v) is 7.25. The molecule has 0 spiro atoms. The molecule has 0 aliphatic carbocycles. The van der Waals surface area contributed by atoms with Gasteiger partial charge in [0.1, 0.15) is 5.82 Å². The minimum Gasteiger partial charge on any atom is -0.317 e. The quantitative estimate of drug-likeness (QED) is 0.842. The minimum atomic E-state index is -2.97. The average Bonchev–Trinajstić information content (AvgIpc) is 2.63. The maximum Gasteiger partial charge on any atom is 0.160 e. The predicted octanol–water partition coefficient (Wildman–Crippen LogP) is 0.447. The summed E-state index contributed by atoms with van der Waals surface area (Å²) in [5.74, 6) is 1.63. The summed E-state index contributed by atoms with van der Waals surface area (Å²) in [4.78, 5) is 8.75. The molecule has 0 radical (unpaired) electrons. The van der Waals surface area contributed by atoms with Crippen LogP contribution >= 0.6 is 0 Å². The van der Waals surface area contributed by atoms with Gasteiger partial charge in [-0.15, -0.1) is 0 Å². The fraction of sp³-hybridized carbons (Fsp3) is 0.667. The van der Waals surface area contributed by atoms with E-state index >= 15 is 0 Å². The van der Waals surface area contributed by atoms with E-state index in [1.54, 1.807) is 6.20 Å². The molecule has 18 heavy (non-hydrogen) atoms. The number of aromatic nitrogens is 2. The number of hydrogen-bond donors (Lipinski definition) is 1. The first-order chi connectivity index (χ1) is 8.62. The topological polar surface area (TPSA) is 72.0 Å². The van der Waals surface area contributed by atoms with Gasteiger partial charge in [0.25, 0.3) is 0 Å². The zero-order valence-corrected chi connectivity index (χ0v) is 11.0. The number of nitrogens with one attached hydrogen (secondary N) is 1. The Balaban J connectivity index is 1.75. The SMILES string of the molecule is O=S1(=O)Cc2cnc(CC3CCNCC3)nc2C1. The van der Waals surface area contributed by atoms with Gasteiger partial charge in [-0.2, -0.15) is 0 Å². The number of sulfone groups is 1. The third-order valence-corrected chi connectivity index (χ3v) is 5.13. The Morgan fingerprint density at radius 3 is 2.83 bits per heavy atom. The van der Waals surface area contributed by atoms with Crippen molar-refractivity contribution in [3.63, 3.8) is 0 Å². The molecule has 3 rings (SSSR count). The number of fused-ring (bicyclic) bond motifs is 1. The molecule has 6 heteroatoms. The van der Waals surface area contributed by atoms with E-state index in [9.17, 15) is 8.42 Å². The maximum atomic E-state index is 11.5. The van der Waals surface area contributed by atoms with Gasteiger partial charge in [-0.1, -0.05) is 0 Å². The summed E-state index contributed by atoms with van der Waals surface area (Å²) in [6, 6.07) is 0. The number of hydrogen-bond acceptors (Lipinski definition) is 5. The molecule has 1 aromatic rings. The van der Waals surface area contributed by atoms with Crippen LogP contribution in [0.25, 0.3) is 0 Å². The molecule has 0 unspecified atom stereocenters. The van der Waals surface area contributed by atoms with Gasteiger partial charge in [0, 0.05) is 18.2 Å². The first kappa shape index (κ1) is 12.0. The largest absolute Gasteiger partial charge is 0.317 e. The Bertz CT molecular complexity index is 550. The Morgan fingerprint density at radius 2 is 2.06 bits per heavy atom. The lowest BCUT2D eigenvalue weighted by atomic mass is 9.94. The average molecular weight is 267 g/mol. The molecule has 2 aliphatic heterocycles. The Kier molecular flexibility index (Phi) is 3.07. The van der Waals surface area contributed by atoms with Gasteiger partial charge in [-0.25, -0.2) is 18.4 Å². The molecule has 0 bridgehead atoms. The van der Waals surface area contributed by atoms with Crippen molar-refractivity contribution in [1.82, 2.24) is 15.3 Å². The highest BCUT2D eigenvalue weighted by Crippen LogP contribution is 2.23. The van der Waals surface area contributed by atoms with Crippen LogP contribution in [0.5, 0.6) is 0 Å². The van der Waals surface area contributed by atoms with Gasteiger partial charge < -0.3 is 5.32 Å². The molecule has 0 aromatic carbocycles. The standard InChI is InChI=1S/C12H17N3O2S/c16-18(17)7-10-6-14-12(15-11(10)8-18)5-9-1-3-13-4-2-9/h6,9,13H,1-5,7-8H2. The summed E-state index contributed by atoms with van der Waals surface area (Å²) in [6.07, 6.45) is 4.87. The van der Waals surface area contributed by atoms with Crippen molar-refractivity contribution in [2.24, 2.45) is 5.92 Å². The van der Waals surface area contributed by atoms with Crippen LogP contribution in [0.3, 0.4) is 0 Å². The van der Waals surface area contributed by atoms with E-state index in [0.29, 0.717) is 11.6 Å². The second-order valence-electron chi connectivity index (χ2n) is 5.19. The lowest BCUT2D eigenvalue weighted by Gasteiger charge is -2.21. The van der Waals surface area contributed by atoms with Gasteiger partial charge in [0.2, 0.25) is 0 Å². The molecule has 98 valence electrons. The first-order valence-corrected chi connectivity index (χ1v) is 8.19. The molecule has 0 amide bonds. The van der Waals surface area contributed by atoms with Gasteiger partial charge >= 0.3 is 0 Å². The third-order valence-electron chi connectivity index (χ3n) is 3.67. The van der Waals surface area contributed by atoms with Crippen LogP contribution in [0.2, 0.25) is 0 Å². The van der Waals surface area contributed by atoms with Crippen molar-refractivity contribution in [1.29, 1.82) is 0 Å². The van der Waals surface area contributed by atoms with E-state index in [1.807, 2.05) is 0 Å². The van der Waals surface area contributed by atoms with Crippen LogP contribution < -0.4 is 5.32 Å². The first-order valence-electron chi connectivity index (χ1n) is 6.37. The van der Waals surface area contributed by atoms with Gasteiger partial charge in [-0.05, 0) is 31.8 Å². The van der Waals surface area contributed by atoms with Crippen molar-refractivity contribution < 1.29 is 8.42 Å². The normalized spacial score (nSPS) is 22.9.